The fourth-order valence-electron chi connectivity index (χ4n) is 1.17. The van der Waals surface area contributed by atoms with E-state index >= 15 is 0 Å². The lowest BCUT2D eigenvalue weighted by Gasteiger charge is -2.27. The quantitative estimate of drug-likeness (QED) is 0.547. The molecular formula is C10H13N2O4S-. The summed E-state index contributed by atoms with van der Waals surface area (Å²) in [6.45, 7) is 0. The van der Waals surface area contributed by atoms with Gasteiger partial charge in [-0.15, -0.1) is 0 Å². The normalized spacial score (nSPS) is 18.8. The monoisotopic (exact) mass is 257 g/mol. The smallest absolute Gasteiger partial charge is 0.306 e. The van der Waals surface area contributed by atoms with Crippen LogP contribution < -0.4 is 5.11 Å². The zero-order chi connectivity index (χ0) is 13.2. The first kappa shape index (κ1) is 13.3. The second-order valence-corrected chi connectivity index (χ2v) is 5.27. The molecule has 1 rings (SSSR count). The maximum atomic E-state index is 11.8. The molecule has 6 nitrogen and oxygen atoms in total. The van der Waals surface area contributed by atoms with E-state index in [1.165, 1.54) is 23.1 Å². The lowest BCUT2D eigenvalue weighted by atomic mass is 10.1. The van der Waals surface area contributed by atoms with Crippen molar-refractivity contribution < 1.29 is 17.7 Å². The second kappa shape index (κ2) is 4.62. The highest BCUT2D eigenvalue weighted by Crippen LogP contribution is 2.22. The van der Waals surface area contributed by atoms with Crippen molar-refractivity contribution in [3.05, 3.63) is 35.4 Å². The average molecular weight is 257 g/mol. The summed E-state index contributed by atoms with van der Waals surface area (Å²) in [6.07, 6.45) is 4.84. The zero-order valence-electron chi connectivity index (χ0n) is 9.72. The van der Waals surface area contributed by atoms with Crippen LogP contribution in [-0.4, -0.2) is 39.4 Å². The van der Waals surface area contributed by atoms with Crippen molar-refractivity contribution in [3.8, 4) is 0 Å². The number of nitrogens with one attached hydrogen (secondary N) is 1. The lowest BCUT2D eigenvalue weighted by molar-refractivity contribution is -0.330. The van der Waals surface area contributed by atoms with Gasteiger partial charge in [-0.05, 0) is 18.0 Å². The molecule has 0 heterocycles. The standard InChI is InChI=1S/C10H14N2O4S/c1-12(2)10(13)8-5-4-7(11)6-9(8)16-17(3,14)15/h4-6,11,13H,1-3H3/p-1/b10-8-,11-7?. The molecule has 7 heteroatoms. The van der Waals surface area contributed by atoms with E-state index in [0.717, 1.165) is 6.26 Å². The molecule has 0 aliphatic heterocycles. The molecule has 17 heavy (non-hydrogen) atoms. The first-order valence-corrected chi connectivity index (χ1v) is 6.49. The van der Waals surface area contributed by atoms with E-state index in [9.17, 15) is 13.5 Å². The second-order valence-electron chi connectivity index (χ2n) is 3.70. The number of nitrogens with zero attached hydrogens (tertiary/aromatic N) is 1. The maximum Gasteiger partial charge on any atom is 0.306 e. The van der Waals surface area contributed by atoms with Gasteiger partial charge in [-0.25, -0.2) is 0 Å². The molecule has 0 fully saturated rings. The van der Waals surface area contributed by atoms with Gasteiger partial charge >= 0.3 is 10.1 Å². The van der Waals surface area contributed by atoms with Gasteiger partial charge in [-0.2, -0.15) is 8.42 Å². The molecule has 0 atom stereocenters. The van der Waals surface area contributed by atoms with E-state index in [2.05, 4.69) is 4.18 Å². The molecule has 1 aliphatic rings. The summed E-state index contributed by atoms with van der Waals surface area (Å²) < 4.78 is 26.8. The first-order valence-electron chi connectivity index (χ1n) is 4.67. The Kier molecular flexibility index (Phi) is 3.62. The van der Waals surface area contributed by atoms with Crippen molar-refractivity contribution in [3.63, 3.8) is 0 Å². The van der Waals surface area contributed by atoms with Crippen LogP contribution >= 0.6 is 0 Å². The Morgan fingerprint density at radius 3 is 2.47 bits per heavy atom. The molecule has 0 saturated heterocycles. The molecule has 0 aromatic carbocycles. The summed E-state index contributed by atoms with van der Waals surface area (Å²) in [5.74, 6) is -0.512. The molecule has 0 amide bonds. The number of allylic oxidation sites excluding steroid dienone is 3. The summed E-state index contributed by atoms with van der Waals surface area (Å²) in [4.78, 5) is 1.30. The van der Waals surface area contributed by atoms with Crippen LogP contribution in [0.3, 0.4) is 0 Å². The minimum Gasteiger partial charge on any atom is -0.860 e. The van der Waals surface area contributed by atoms with Gasteiger partial charge < -0.3 is 19.6 Å². The predicted octanol–water partition coefficient (Wildman–Crippen LogP) is -0.430. The average Bonchev–Trinajstić information content (AvgIpc) is 2.14. The molecular weight excluding hydrogens is 244 g/mol. The summed E-state index contributed by atoms with van der Waals surface area (Å²) in [5, 5.41) is 19.1. The summed E-state index contributed by atoms with van der Waals surface area (Å²) in [6, 6.07) is 0. The van der Waals surface area contributed by atoms with Crippen molar-refractivity contribution >= 4 is 15.8 Å². The van der Waals surface area contributed by atoms with E-state index in [4.69, 9.17) is 5.41 Å². The van der Waals surface area contributed by atoms with Gasteiger partial charge in [-0.3, -0.25) is 0 Å². The largest absolute Gasteiger partial charge is 0.860 e. The van der Waals surface area contributed by atoms with Gasteiger partial charge in [0.05, 0.1) is 12.0 Å². The first-order chi connectivity index (χ1) is 7.70. The highest BCUT2D eigenvalue weighted by Gasteiger charge is 2.16. The van der Waals surface area contributed by atoms with E-state index in [-0.39, 0.29) is 22.9 Å². The van der Waals surface area contributed by atoms with Crippen LogP contribution in [0.2, 0.25) is 0 Å². The van der Waals surface area contributed by atoms with E-state index < -0.39 is 10.1 Å². The Balaban J connectivity index is 3.22. The Hall–Kier alpha value is -1.76. The van der Waals surface area contributed by atoms with Crippen LogP contribution in [-0.2, 0) is 14.3 Å². The molecule has 0 aromatic rings. The molecule has 1 N–H and O–H groups in total. The third kappa shape index (κ3) is 3.63. The maximum absolute atomic E-state index is 11.8. The SMILES string of the molecule is CN(C)/C([O-])=C1\C=CC(=N)C=C1OS(C)(=O)=O. The Morgan fingerprint density at radius 1 is 1.41 bits per heavy atom. The van der Waals surface area contributed by atoms with Crippen molar-refractivity contribution in [2.45, 2.75) is 0 Å². The number of hydrogen-bond donors (Lipinski definition) is 1. The van der Waals surface area contributed by atoms with Gasteiger partial charge in [-0.1, -0.05) is 0 Å². The minimum atomic E-state index is -3.73. The molecule has 0 aromatic heterocycles. The Labute approximate surface area is 100 Å². The Bertz CT molecular complexity index is 527. The van der Waals surface area contributed by atoms with E-state index in [1.54, 1.807) is 14.1 Å². The van der Waals surface area contributed by atoms with Gasteiger partial charge in [0.2, 0.25) is 0 Å². The topological polar surface area (TPSA) is 93.5 Å². The van der Waals surface area contributed by atoms with Crippen LogP contribution in [0.15, 0.2) is 35.4 Å². The Morgan fingerprint density at radius 2 is 2.00 bits per heavy atom. The van der Waals surface area contributed by atoms with Crippen LogP contribution in [0, 0.1) is 5.41 Å². The highest BCUT2D eigenvalue weighted by atomic mass is 32.2. The zero-order valence-corrected chi connectivity index (χ0v) is 10.5. The molecule has 0 spiro atoms. The molecule has 1 aliphatic carbocycles. The molecule has 0 bridgehead atoms. The summed E-state index contributed by atoms with van der Waals surface area (Å²) in [5.41, 5.74) is 0.176. The van der Waals surface area contributed by atoms with Crippen LogP contribution in [0.4, 0.5) is 0 Å². The van der Waals surface area contributed by atoms with Crippen molar-refractivity contribution in [1.29, 1.82) is 5.41 Å². The van der Waals surface area contributed by atoms with Gasteiger partial charge in [0.1, 0.15) is 0 Å². The lowest BCUT2D eigenvalue weighted by Crippen LogP contribution is -2.25. The van der Waals surface area contributed by atoms with Crippen LogP contribution in [0.1, 0.15) is 0 Å². The van der Waals surface area contributed by atoms with Crippen molar-refractivity contribution in [1.82, 2.24) is 4.90 Å². The molecule has 0 saturated carbocycles. The fraction of sp³-hybridized carbons (Fsp3) is 0.300. The van der Waals surface area contributed by atoms with Gasteiger partial charge in [0.15, 0.2) is 5.76 Å². The molecule has 94 valence electrons. The minimum absolute atomic E-state index is 0.0685. The van der Waals surface area contributed by atoms with Crippen LogP contribution in [0.5, 0.6) is 0 Å². The van der Waals surface area contributed by atoms with Gasteiger partial charge in [0, 0.05) is 25.7 Å². The number of hydrogen-bond acceptors (Lipinski definition) is 6. The van der Waals surface area contributed by atoms with Gasteiger partial charge in [0.25, 0.3) is 0 Å². The predicted molar refractivity (Wildman–Crippen MR) is 61.6 cm³/mol. The molecule has 0 radical (unpaired) electrons. The van der Waals surface area contributed by atoms with E-state index in [0.29, 0.717) is 0 Å². The third-order valence-corrected chi connectivity index (χ3v) is 2.34. The van der Waals surface area contributed by atoms with Crippen molar-refractivity contribution in [2.75, 3.05) is 20.4 Å². The highest BCUT2D eigenvalue weighted by molar-refractivity contribution is 7.86. The number of rotatable bonds is 3. The third-order valence-electron chi connectivity index (χ3n) is 1.86. The molecule has 0 unspecified atom stereocenters. The van der Waals surface area contributed by atoms with Crippen LogP contribution in [0.25, 0.3) is 0 Å². The fourth-order valence-corrected chi connectivity index (χ4v) is 1.64. The summed E-state index contributed by atoms with van der Waals surface area (Å²) in [7, 11) is -0.644. The van der Waals surface area contributed by atoms with Crippen molar-refractivity contribution in [2.24, 2.45) is 0 Å². The van der Waals surface area contributed by atoms with E-state index in [1.807, 2.05) is 0 Å². The summed E-state index contributed by atoms with van der Waals surface area (Å²) >= 11 is 0.